The highest BCUT2D eigenvalue weighted by Gasteiger charge is 2.25. The predicted octanol–water partition coefficient (Wildman–Crippen LogP) is 10.9. The normalized spacial score (nSPS) is 13.5. The quantitative estimate of drug-likeness (QED) is 0.0201. The van der Waals surface area contributed by atoms with Crippen molar-refractivity contribution in [3.8, 4) is 0 Å². The van der Waals surface area contributed by atoms with Gasteiger partial charge in [0.1, 0.15) is 12.6 Å². The number of hydrogen-bond acceptors (Lipinski definition) is 7. The first-order valence-electron chi connectivity index (χ1n) is 22.3. The summed E-state index contributed by atoms with van der Waals surface area (Å²) in [6, 6.07) is -0.731. The van der Waals surface area contributed by atoms with E-state index in [2.05, 4.69) is 74.6 Å². The number of nitrogens with zero attached hydrogens (tertiary/aromatic N) is 1. The minimum absolute atomic E-state index is 0.0310. The van der Waals surface area contributed by atoms with Crippen molar-refractivity contribution in [1.82, 2.24) is 0 Å². The van der Waals surface area contributed by atoms with Crippen LogP contribution < -0.4 is 5.11 Å². The summed E-state index contributed by atoms with van der Waals surface area (Å²) in [4.78, 5) is 36.9. The van der Waals surface area contributed by atoms with E-state index in [4.69, 9.17) is 14.2 Å². The number of carbonyl (C=O) groups is 3. The van der Waals surface area contributed by atoms with Gasteiger partial charge in [-0.2, -0.15) is 0 Å². The van der Waals surface area contributed by atoms with E-state index in [1.807, 2.05) is 0 Å². The van der Waals surface area contributed by atoms with Crippen molar-refractivity contribution in [3.05, 3.63) is 60.8 Å². The largest absolute Gasteiger partial charge is 0.544 e. The second-order valence-electron chi connectivity index (χ2n) is 16.0. The Labute approximate surface area is 343 Å². The van der Waals surface area contributed by atoms with Crippen LogP contribution in [0.5, 0.6) is 0 Å². The van der Waals surface area contributed by atoms with Gasteiger partial charge >= 0.3 is 11.9 Å². The molecule has 0 aromatic carbocycles. The van der Waals surface area contributed by atoms with Crippen LogP contribution in [-0.2, 0) is 28.6 Å². The third-order valence-corrected chi connectivity index (χ3v) is 9.70. The number of hydrogen-bond donors (Lipinski definition) is 0. The van der Waals surface area contributed by atoms with E-state index in [0.717, 1.165) is 70.6 Å². The molecule has 0 bridgehead atoms. The summed E-state index contributed by atoms with van der Waals surface area (Å²) in [5, 5.41) is 11.6. The van der Waals surface area contributed by atoms with Crippen LogP contribution in [0.3, 0.4) is 0 Å². The molecule has 0 heterocycles. The van der Waals surface area contributed by atoms with Gasteiger partial charge in [-0.15, -0.1) is 0 Å². The molecular weight excluding hydrogens is 703 g/mol. The maximum atomic E-state index is 12.7. The lowest BCUT2D eigenvalue weighted by Crippen LogP contribution is -2.55. The van der Waals surface area contributed by atoms with Crippen LogP contribution in [-0.4, -0.2) is 75.5 Å². The van der Waals surface area contributed by atoms with Crippen molar-refractivity contribution in [2.75, 3.05) is 41.0 Å². The van der Waals surface area contributed by atoms with Crippen LogP contribution in [0.1, 0.15) is 174 Å². The van der Waals surface area contributed by atoms with E-state index in [-0.39, 0.29) is 42.7 Å². The molecular formula is C48H83NO7. The van der Waals surface area contributed by atoms with Gasteiger partial charge < -0.3 is 28.6 Å². The van der Waals surface area contributed by atoms with Crippen LogP contribution in [0.25, 0.3) is 0 Å². The van der Waals surface area contributed by atoms with Crippen molar-refractivity contribution in [1.29, 1.82) is 0 Å². The van der Waals surface area contributed by atoms with Crippen LogP contribution >= 0.6 is 0 Å². The molecule has 0 aliphatic carbocycles. The molecule has 0 saturated heterocycles. The highest BCUT2D eigenvalue weighted by molar-refractivity contribution is 5.70. The standard InChI is InChI=1S/C48H83NO7/c1-6-8-10-12-14-16-18-20-22-23-25-26-28-30-32-34-36-38-46(50)55-43-44(42-54-41-40-45(48(52)53)49(3,4)5)56-47(51)39-37-35-33-31-29-27-24-21-19-17-15-13-11-9-7-2/h9,11,13-17,19-20,22,44-45H,6-8,10,12,18,21,23-43H2,1-5H3/b11-9+,15-13+,16-14+,19-17+,22-20+. The summed E-state index contributed by atoms with van der Waals surface area (Å²) in [6.07, 6.45) is 46.6. The van der Waals surface area contributed by atoms with E-state index in [1.165, 1.54) is 70.6 Å². The molecule has 56 heavy (non-hydrogen) atoms. The Hall–Kier alpha value is -2.97. The molecule has 0 fully saturated rings. The molecule has 0 aliphatic heterocycles. The number of aliphatic carboxylic acids is 1. The summed E-state index contributed by atoms with van der Waals surface area (Å²) >= 11 is 0. The van der Waals surface area contributed by atoms with Crippen LogP contribution in [0, 0.1) is 0 Å². The van der Waals surface area contributed by atoms with E-state index in [1.54, 1.807) is 21.1 Å². The zero-order valence-corrected chi connectivity index (χ0v) is 36.5. The zero-order valence-electron chi connectivity index (χ0n) is 36.5. The number of esters is 2. The maximum Gasteiger partial charge on any atom is 0.306 e. The first kappa shape index (κ1) is 53.0. The maximum absolute atomic E-state index is 12.7. The number of ether oxygens (including phenoxy) is 3. The lowest BCUT2D eigenvalue weighted by atomic mass is 10.1. The van der Waals surface area contributed by atoms with Gasteiger partial charge in [-0.3, -0.25) is 9.59 Å². The number of quaternary nitrogens is 1. The third kappa shape index (κ3) is 36.7. The lowest BCUT2D eigenvalue weighted by Gasteiger charge is -2.34. The average Bonchev–Trinajstić information content (AvgIpc) is 3.15. The number of unbranched alkanes of at least 4 members (excludes halogenated alkanes) is 17. The van der Waals surface area contributed by atoms with Crippen LogP contribution in [0.2, 0.25) is 0 Å². The first-order valence-corrected chi connectivity index (χ1v) is 22.3. The van der Waals surface area contributed by atoms with Crippen molar-refractivity contribution < 1.29 is 38.2 Å². The van der Waals surface area contributed by atoms with Gasteiger partial charge in [0.15, 0.2) is 6.10 Å². The Morgan fingerprint density at radius 2 is 1.07 bits per heavy atom. The first-order chi connectivity index (χ1) is 27.1. The van der Waals surface area contributed by atoms with Gasteiger partial charge in [0.05, 0.1) is 40.3 Å². The second-order valence-corrected chi connectivity index (χ2v) is 16.0. The summed E-state index contributed by atoms with van der Waals surface area (Å²) in [6.45, 7) is 4.48. The number of allylic oxidation sites excluding steroid dienone is 10. The fourth-order valence-corrected chi connectivity index (χ4v) is 6.22. The molecule has 0 aromatic rings. The summed E-state index contributed by atoms with van der Waals surface area (Å²) in [5.74, 6) is -1.77. The predicted molar refractivity (Wildman–Crippen MR) is 231 cm³/mol. The van der Waals surface area contributed by atoms with Crippen molar-refractivity contribution in [2.45, 2.75) is 187 Å². The van der Waals surface area contributed by atoms with Gasteiger partial charge in [0.25, 0.3) is 0 Å². The Morgan fingerprint density at radius 1 is 0.571 bits per heavy atom. The molecule has 2 atom stereocenters. The second kappa shape index (κ2) is 38.9. The van der Waals surface area contributed by atoms with Gasteiger partial charge in [-0.25, -0.2) is 0 Å². The molecule has 8 heteroatoms. The van der Waals surface area contributed by atoms with Crippen molar-refractivity contribution in [3.63, 3.8) is 0 Å². The molecule has 0 rings (SSSR count). The summed E-state index contributed by atoms with van der Waals surface area (Å²) in [7, 11) is 5.39. The van der Waals surface area contributed by atoms with Gasteiger partial charge in [0, 0.05) is 19.3 Å². The monoisotopic (exact) mass is 786 g/mol. The van der Waals surface area contributed by atoms with E-state index < -0.39 is 18.1 Å². The Morgan fingerprint density at radius 3 is 1.61 bits per heavy atom. The molecule has 0 amide bonds. The molecule has 8 nitrogen and oxygen atoms in total. The average molecular weight is 786 g/mol. The molecule has 0 radical (unpaired) electrons. The number of rotatable bonds is 39. The Bertz CT molecular complexity index is 1100. The van der Waals surface area contributed by atoms with Crippen molar-refractivity contribution >= 4 is 17.9 Å². The fourth-order valence-electron chi connectivity index (χ4n) is 6.22. The summed E-state index contributed by atoms with van der Waals surface area (Å²) in [5.41, 5.74) is 0. The summed E-state index contributed by atoms with van der Waals surface area (Å²) < 4.78 is 17.2. The highest BCUT2D eigenvalue weighted by atomic mass is 16.6. The highest BCUT2D eigenvalue weighted by Crippen LogP contribution is 2.14. The topological polar surface area (TPSA) is 102 Å². The zero-order chi connectivity index (χ0) is 41.4. The van der Waals surface area contributed by atoms with Crippen LogP contribution in [0.15, 0.2) is 60.8 Å². The molecule has 0 N–H and O–H groups in total. The van der Waals surface area contributed by atoms with E-state index >= 15 is 0 Å². The van der Waals surface area contributed by atoms with Gasteiger partial charge in [-0.05, 0) is 64.2 Å². The SMILES string of the molecule is CC/C=C/C=C/C=C/CCCCCCCCCC(=O)OC(COCCC(C(=O)[O-])[N+](C)(C)C)COC(=O)CCCCCCCCC/C=C/C/C=C/CCCCC. The smallest absolute Gasteiger partial charge is 0.306 e. The lowest BCUT2D eigenvalue weighted by molar-refractivity contribution is -0.889. The van der Waals surface area contributed by atoms with Crippen LogP contribution in [0.4, 0.5) is 0 Å². The molecule has 0 spiro atoms. The number of carboxylic acids is 1. The molecule has 0 aromatic heterocycles. The van der Waals surface area contributed by atoms with Gasteiger partial charge in [-0.1, -0.05) is 152 Å². The van der Waals surface area contributed by atoms with Crippen molar-refractivity contribution in [2.24, 2.45) is 0 Å². The minimum atomic E-state index is -1.13. The molecule has 2 unspecified atom stereocenters. The third-order valence-electron chi connectivity index (χ3n) is 9.70. The number of carbonyl (C=O) groups excluding carboxylic acids is 3. The fraction of sp³-hybridized carbons (Fsp3) is 0.729. The molecule has 322 valence electrons. The van der Waals surface area contributed by atoms with Gasteiger partial charge in [0.2, 0.25) is 0 Å². The van der Waals surface area contributed by atoms with E-state index in [9.17, 15) is 19.5 Å². The Kier molecular flexibility index (Phi) is 36.8. The number of carboxylic acid groups (broad SMARTS) is 1. The molecule has 0 saturated carbocycles. The minimum Gasteiger partial charge on any atom is -0.544 e. The number of likely N-dealkylation sites (N-methyl/N-ethyl adjacent to an activating group) is 1. The molecule has 0 aliphatic rings. The Balaban J connectivity index is 4.36. The van der Waals surface area contributed by atoms with E-state index in [0.29, 0.717) is 12.8 Å².